The maximum Gasteiger partial charge on any atom is 0.229 e. The molecular weight excluding hydrogens is 318 g/mol. The molecule has 1 aliphatic rings. The van der Waals surface area contributed by atoms with Crippen molar-refractivity contribution in [2.45, 2.75) is 12.8 Å². The van der Waals surface area contributed by atoms with Crippen molar-refractivity contribution in [2.24, 2.45) is 5.92 Å². The highest BCUT2D eigenvalue weighted by Crippen LogP contribution is 2.28. The van der Waals surface area contributed by atoms with Crippen molar-refractivity contribution in [3.8, 4) is 11.3 Å². The summed E-state index contributed by atoms with van der Waals surface area (Å²) in [7, 11) is 0. The molecule has 1 aliphatic heterocycles. The van der Waals surface area contributed by atoms with E-state index in [2.05, 4.69) is 45.9 Å². The topological polar surface area (TPSA) is 54.0 Å². The minimum Gasteiger partial charge on any atom is -0.317 e. The van der Waals surface area contributed by atoms with Crippen LogP contribution in [0.4, 0.5) is 5.13 Å². The summed E-state index contributed by atoms with van der Waals surface area (Å²) >= 11 is 1.48. The van der Waals surface area contributed by atoms with Crippen molar-refractivity contribution in [2.75, 3.05) is 18.4 Å². The van der Waals surface area contributed by atoms with E-state index >= 15 is 0 Å². The lowest BCUT2D eigenvalue weighted by Crippen LogP contribution is -2.34. The van der Waals surface area contributed by atoms with Crippen LogP contribution in [0, 0.1) is 5.92 Å². The second kappa shape index (κ2) is 6.71. The number of nitrogens with zero attached hydrogens (tertiary/aromatic N) is 1. The van der Waals surface area contributed by atoms with Crippen LogP contribution in [-0.2, 0) is 4.79 Å². The van der Waals surface area contributed by atoms with Gasteiger partial charge in [0.2, 0.25) is 5.91 Å². The number of benzene rings is 2. The second-order valence-electron chi connectivity index (χ2n) is 6.11. The molecule has 0 aliphatic carbocycles. The van der Waals surface area contributed by atoms with Crippen molar-refractivity contribution < 1.29 is 4.79 Å². The Labute approximate surface area is 144 Å². The first kappa shape index (κ1) is 15.3. The van der Waals surface area contributed by atoms with Crippen LogP contribution in [0.2, 0.25) is 0 Å². The molecule has 0 spiro atoms. The van der Waals surface area contributed by atoms with Gasteiger partial charge in [-0.1, -0.05) is 36.4 Å². The molecule has 3 aromatic rings. The van der Waals surface area contributed by atoms with Gasteiger partial charge in [0.1, 0.15) is 0 Å². The third-order valence-electron chi connectivity index (χ3n) is 4.49. The molecule has 0 unspecified atom stereocenters. The Kier molecular flexibility index (Phi) is 4.28. The van der Waals surface area contributed by atoms with Gasteiger partial charge >= 0.3 is 0 Å². The van der Waals surface area contributed by atoms with Crippen LogP contribution >= 0.6 is 11.3 Å². The Morgan fingerprint density at radius 2 is 1.92 bits per heavy atom. The summed E-state index contributed by atoms with van der Waals surface area (Å²) in [5.41, 5.74) is 1.98. The molecule has 0 radical (unpaired) electrons. The number of carbonyl (C=O) groups excluding carboxylic acids is 1. The summed E-state index contributed by atoms with van der Waals surface area (Å²) in [5.74, 6) is 0.190. The van der Waals surface area contributed by atoms with Crippen LogP contribution in [0.25, 0.3) is 22.0 Å². The van der Waals surface area contributed by atoms with E-state index in [1.54, 1.807) is 0 Å². The normalized spacial score (nSPS) is 15.5. The van der Waals surface area contributed by atoms with E-state index in [1.807, 2.05) is 17.5 Å². The number of hydrogen-bond donors (Lipinski definition) is 2. The van der Waals surface area contributed by atoms with E-state index in [9.17, 15) is 4.79 Å². The highest BCUT2D eigenvalue weighted by atomic mass is 32.1. The van der Waals surface area contributed by atoms with Gasteiger partial charge in [-0.25, -0.2) is 4.98 Å². The Hall–Kier alpha value is -2.24. The molecule has 1 fully saturated rings. The van der Waals surface area contributed by atoms with Crippen molar-refractivity contribution in [3.63, 3.8) is 0 Å². The van der Waals surface area contributed by atoms with Crippen LogP contribution in [0.15, 0.2) is 47.8 Å². The third-order valence-corrected chi connectivity index (χ3v) is 5.25. The van der Waals surface area contributed by atoms with Gasteiger partial charge in [-0.05, 0) is 42.8 Å². The fourth-order valence-corrected chi connectivity index (χ4v) is 3.83. The lowest BCUT2D eigenvalue weighted by molar-refractivity contribution is -0.120. The smallest absolute Gasteiger partial charge is 0.229 e. The summed E-state index contributed by atoms with van der Waals surface area (Å²) < 4.78 is 0. The summed E-state index contributed by atoms with van der Waals surface area (Å²) in [6.45, 7) is 1.83. The molecule has 1 aromatic heterocycles. The van der Waals surface area contributed by atoms with Crippen LogP contribution in [0.5, 0.6) is 0 Å². The van der Waals surface area contributed by atoms with Gasteiger partial charge in [0, 0.05) is 16.9 Å². The number of fused-ring (bicyclic) bond motifs is 1. The molecule has 2 heterocycles. The standard InChI is InChI=1S/C19H19N3OS/c23-18(14-7-9-20-10-8-14)22-19-21-17(12-24-19)16-6-5-13-3-1-2-4-15(13)11-16/h1-6,11-12,14,20H,7-10H2,(H,21,22,23). The fourth-order valence-electron chi connectivity index (χ4n) is 3.10. The zero-order valence-corrected chi connectivity index (χ0v) is 14.1. The number of nitrogens with one attached hydrogen (secondary N) is 2. The Balaban J connectivity index is 1.52. The van der Waals surface area contributed by atoms with E-state index in [4.69, 9.17) is 0 Å². The molecule has 2 N–H and O–H groups in total. The van der Waals surface area contributed by atoms with E-state index in [0.717, 1.165) is 37.2 Å². The van der Waals surface area contributed by atoms with Crippen molar-refractivity contribution in [3.05, 3.63) is 47.8 Å². The number of carbonyl (C=O) groups is 1. The molecule has 1 saturated heterocycles. The largest absolute Gasteiger partial charge is 0.317 e. The zero-order chi connectivity index (χ0) is 16.4. The van der Waals surface area contributed by atoms with E-state index in [0.29, 0.717) is 5.13 Å². The van der Waals surface area contributed by atoms with Crippen LogP contribution < -0.4 is 10.6 Å². The third kappa shape index (κ3) is 3.18. The monoisotopic (exact) mass is 337 g/mol. The zero-order valence-electron chi connectivity index (χ0n) is 13.3. The lowest BCUT2D eigenvalue weighted by atomic mass is 9.97. The number of amides is 1. The van der Waals surface area contributed by atoms with Crippen molar-refractivity contribution >= 4 is 33.1 Å². The first-order valence-electron chi connectivity index (χ1n) is 8.26. The summed E-state index contributed by atoms with van der Waals surface area (Å²) in [5, 5.41) is 11.4. The predicted octanol–water partition coefficient (Wildman–Crippen LogP) is 3.90. The molecule has 5 heteroatoms. The highest BCUT2D eigenvalue weighted by molar-refractivity contribution is 7.14. The van der Waals surface area contributed by atoms with Crippen LogP contribution in [0.3, 0.4) is 0 Å². The molecule has 4 nitrogen and oxygen atoms in total. The van der Waals surface area contributed by atoms with Gasteiger partial charge in [-0.15, -0.1) is 11.3 Å². The molecule has 0 atom stereocenters. The van der Waals surface area contributed by atoms with E-state index < -0.39 is 0 Å². The van der Waals surface area contributed by atoms with Crippen LogP contribution in [0.1, 0.15) is 12.8 Å². The van der Waals surface area contributed by atoms with Crippen molar-refractivity contribution in [1.29, 1.82) is 0 Å². The second-order valence-corrected chi connectivity index (χ2v) is 6.97. The molecule has 24 heavy (non-hydrogen) atoms. The van der Waals surface area contributed by atoms with Crippen LogP contribution in [-0.4, -0.2) is 24.0 Å². The minimum absolute atomic E-state index is 0.0934. The average molecular weight is 337 g/mol. The Morgan fingerprint density at radius 3 is 2.75 bits per heavy atom. The molecule has 4 rings (SSSR count). The lowest BCUT2D eigenvalue weighted by Gasteiger charge is -2.20. The molecule has 122 valence electrons. The Bertz CT molecular complexity index is 868. The fraction of sp³-hybridized carbons (Fsp3) is 0.263. The molecule has 2 aromatic carbocycles. The number of rotatable bonds is 3. The molecule has 1 amide bonds. The first-order valence-corrected chi connectivity index (χ1v) is 9.14. The quantitative estimate of drug-likeness (QED) is 0.762. The molecule has 0 saturated carbocycles. The maximum absolute atomic E-state index is 12.3. The molecule has 0 bridgehead atoms. The van der Waals surface area contributed by atoms with Gasteiger partial charge < -0.3 is 10.6 Å². The number of aromatic nitrogens is 1. The maximum atomic E-state index is 12.3. The van der Waals surface area contributed by atoms with E-state index in [1.165, 1.54) is 22.1 Å². The van der Waals surface area contributed by atoms with Gasteiger partial charge in [0.05, 0.1) is 5.69 Å². The van der Waals surface area contributed by atoms with E-state index in [-0.39, 0.29) is 11.8 Å². The number of hydrogen-bond acceptors (Lipinski definition) is 4. The minimum atomic E-state index is 0.0934. The van der Waals surface area contributed by atoms with Crippen molar-refractivity contribution in [1.82, 2.24) is 10.3 Å². The molecular formula is C19H19N3OS. The van der Waals surface area contributed by atoms with Gasteiger partial charge in [0.15, 0.2) is 5.13 Å². The van der Waals surface area contributed by atoms with Gasteiger partial charge in [0.25, 0.3) is 0 Å². The number of piperidine rings is 1. The first-order chi connectivity index (χ1) is 11.8. The van der Waals surface area contributed by atoms with Gasteiger partial charge in [-0.3, -0.25) is 4.79 Å². The highest BCUT2D eigenvalue weighted by Gasteiger charge is 2.21. The average Bonchev–Trinajstić information content (AvgIpc) is 3.10. The predicted molar refractivity (Wildman–Crippen MR) is 99.3 cm³/mol. The SMILES string of the molecule is O=C(Nc1nc(-c2ccc3ccccc3c2)cs1)C1CCNCC1. The number of thiazole rings is 1. The Morgan fingerprint density at radius 1 is 1.12 bits per heavy atom. The van der Waals surface area contributed by atoms with Gasteiger partial charge in [-0.2, -0.15) is 0 Å². The summed E-state index contributed by atoms with van der Waals surface area (Å²) in [6, 6.07) is 14.6. The summed E-state index contributed by atoms with van der Waals surface area (Å²) in [6.07, 6.45) is 1.80. The number of anilines is 1. The summed E-state index contributed by atoms with van der Waals surface area (Å²) in [4.78, 5) is 16.9.